The number of hydrogen-bond donors (Lipinski definition) is 0. The summed E-state index contributed by atoms with van der Waals surface area (Å²) in [5.41, 5.74) is 1.21. The van der Waals surface area contributed by atoms with Gasteiger partial charge >= 0.3 is 0 Å². The third-order valence-corrected chi connectivity index (χ3v) is 5.30. The van der Waals surface area contributed by atoms with E-state index >= 15 is 0 Å². The van der Waals surface area contributed by atoms with Gasteiger partial charge in [-0.2, -0.15) is 0 Å². The van der Waals surface area contributed by atoms with Crippen molar-refractivity contribution >= 4 is 12.2 Å². The van der Waals surface area contributed by atoms with Crippen LogP contribution in [-0.2, 0) is 11.3 Å². The van der Waals surface area contributed by atoms with Gasteiger partial charge < -0.3 is 14.4 Å². The minimum absolute atomic E-state index is 0.145. The zero-order valence-corrected chi connectivity index (χ0v) is 16.6. The van der Waals surface area contributed by atoms with Gasteiger partial charge in [-0.15, -0.1) is 0 Å². The molecule has 1 fully saturated rings. The normalized spacial score (nSPS) is 14.3. The molecule has 0 N–H and O–H groups in total. The Bertz CT molecular complexity index is 831. The number of ether oxygens (including phenoxy) is 2. The molecule has 0 saturated heterocycles. The number of carbonyl (C=O) groups is 2. The molecule has 29 heavy (non-hydrogen) atoms. The van der Waals surface area contributed by atoms with Gasteiger partial charge in [-0.3, -0.25) is 9.59 Å². The van der Waals surface area contributed by atoms with Gasteiger partial charge in [0.05, 0.1) is 12.7 Å². The Hall–Kier alpha value is -2.89. The highest BCUT2D eigenvalue weighted by atomic mass is 19.1. The van der Waals surface area contributed by atoms with Crippen LogP contribution in [0, 0.1) is 5.82 Å². The van der Waals surface area contributed by atoms with Crippen LogP contribution < -0.4 is 9.47 Å². The lowest BCUT2D eigenvalue weighted by Gasteiger charge is -2.34. The van der Waals surface area contributed by atoms with Crippen LogP contribution in [0.4, 0.5) is 4.39 Å². The van der Waals surface area contributed by atoms with Gasteiger partial charge in [-0.25, -0.2) is 4.39 Å². The lowest BCUT2D eigenvalue weighted by Crippen LogP contribution is -2.43. The van der Waals surface area contributed by atoms with Crippen LogP contribution in [0.25, 0.3) is 0 Å². The predicted octanol–water partition coefficient (Wildman–Crippen LogP) is 4.39. The summed E-state index contributed by atoms with van der Waals surface area (Å²) in [5, 5.41) is 0. The van der Waals surface area contributed by atoms with Crippen LogP contribution in [-0.4, -0.2) is 36.9 Å². The van der Waals surface area contributed by atoms with Gasteiger partial charge in [0, 0.05) is 12.6 Å². The lowest BCUT2D eigenvalue weighted by atomic mass is 9.93. The van der Waals surface area contributed by atoms with Crippen molar-refractivity contribution in [3.63, 3.8) is 0 Å². The molecule has 0 bridgehead atoms. The summed E-state index contributed by atoms with van der Waals surface area (Å²) in [6.07, 6.45) is 5.95. The molecular formula is C23H26FNO4. The molecule has 6 heteroatoms. The Morgan fingerprint density at radius 2 is 1.86 bits per heavy atom. The SMILES string of the molecule is COc1ccc(OCC(=O)N(Cc2ccc(F)cc2)C2CCCCC2)c(C=O)c1. The molecule has 1 aliphatic carbocycles. The molecule has 0 radical (unpaired) electrons. The fourth-order valence-corrected chi connectivity index (χ4v) is 3.70. The maximum Gasteiger partial charge on any atom is 0.261 e. The highest BCUT2D eigenvalue weighted by Crippen LogP contribution is 2.26. The maximum atomic E-state index is 13.2. The van der Waals surface area contributed by atoms with Gasteiger partial charge in [0.15, 0.2) is 12.9 Å². The van der Waals surface area contributed by atoms with Crippen molar-refractivity contribution in [1.29, 1.82) is 0 Å². The Morgan fingerprint density at radius 1 is 1.14 bits per heavy atom. The van der Waals surface area contributed by atoms with Gasteiger partial charge in [0.25, 0.3) is 5.91 Å². The molecule has 1 saturated carbocycles. The summed E-state index contributed by atoms with van der Waals surface area (Å²) in [4.78, 5) is 26.2. The van der Waals surface area contributed by atoms with E-state index in [0.717, 1.165) is 31.2 Å². The summed E-state index contributed by atoms with van der Waals surface area (Å²) >= 11 is 0. The molecule has 1 aliphatic rings. The summed E-state index contributed by atoms with van der Waals surface area (Å²) in [7, 11) is 1.52. The average Bonchev–Trinajstić information content (AvgIpc) is 2.77. The molecule has 2 aromatic carbocycles. The fraction of sp³-hybridized carbons (Fsp3) is 0.391. The van der Waals surface area contributed by atoms with Crippen LogP contribution in [0.15, 0.2) is 42.5 Å². The van der Waals surface area contributed by atoms with Gasteiger partial charge in [-0.1, -0.05) is 31.4 Å². The van der Waals surface area contributed by atoms with E-state index in [1.165, 1.54) is 25.7 Å². The molecule has 0 aliphatic heterocycles. The molecular weight excluding hydrogens is 373 g/mol. The molecule has 3 rings (SSSR count). The van der Waals surface area contributed by atoms with Crippen LogP contribution in [0.3, 0.4) is 0 Å². The van der Waals surface area contributed by atoms with Crippen molar-refractivity contribution in [3.05, 3.63) is 59.4 Å². The zero-order chi connectivity index (χ0) is 20.6. The first kappa shape index (κ1) is 20.8. The predicted molar refractivity (Wildman–Crippen MR) is 108 cm³/mol. The zero-order valence-electron chi connectivity index (χ0n) is 16.6. The number of halogens is 1. The van der Waals surface area contributed by atoms with E-state index in [9.17, 15) is 14.0 Å². The van der Waals surface area contributed by atoms with E-state index in [4.69, 9.17) is 9.47 Å². The fourth-order valence-electron chi connectivity index (χ4n) is 3.70. The Kier molecular flexibility index (Phi) is 7.22. The highest BCUT2D eigenvalue weighted by Gasteiger charge is 2.26. The largest absolute Gasteiger partial charge is 0.497 e. The Morgan fingerprint density at radius 3 is 2.52 bits per heavy atom. The van der Waals surface area contributed by atoms with E-state index < -0.39 is 0 Å². The second-order valence-corrected chi connectivity index (χ2v) is 7.25. The van der Waals surface area contributed by atoms with Crippen molar-refractivity contribution in [2.24, 2.45) is 0 Å². The third-order valence-electron chi connectivity index (χ3n) is 5.30. The van der Waals surface area contributed by atoms with Crippen molar-refractivity contribution in [2.45, 2.75) is 44.7 Å². The molecule has 5 nitrogen and oxygen atoms in total. The minimum atomic E-state index is -0.298. The number of hydrogen-bond acceptors (Lipinski definition) is 4. The maximum absolute atomic E-state index is 13.2. The van der Waals surface area contributed by atoms with Gasteiger partial charge in [-0.05, 0) is 48.7 Å². The Balaban J connectivity index is 1.72. The molecule has 0 atom stereocenters. The van der Waals surface area contributed by atoms with Gasteiger partial charge in [0.1, 0.15) is 17.3 Å². The first-order valence-electron chi connectivity index (χ1n) is 9.90. The topological polar surface area (TPSA) is 55.8 Å². The molecule has 0 heterocycles. The second kappa shape index (κ2) is 10.0. The molecule has 1 amide bonds. The van der Waals surface area contributed by atoms with E-state index in [2.05, 4.69) is 0 Å². The van der Waals surface area contributed by atoms with Crippen LogP contribution in [0.5, 0.6) is 11.5 Å². The average molecular weight is 399 g/mol. The van der Waals surface area contributed by atoms with E-state index in [1.807, 2.05) is 4.90 Å². The summed E-state index contributed by atoms with van der Waals surface area (Å²) in [6.45, 7) is 0.251. The van der Waals surface area contributed by atoms with Gasteiger partial charge in [0.2, 0.25) is 0 Å². The number of amides is 1. The van der Waals surface area contributed by atoms with E-state index in [1.54, 1.807) is 30.3 Å². The second-order valence-electron chi connectivity index (χ2n) is 7.25. The number of carbonyl (C=O) groups excluding carboxylic acids is 2. The van der Waals surface area contributed by atoms with Crippen molar-refractivity contribution in [2.75, 3.05) is 13.7 Å². The smallest absolute Gasteiger partial charge is 0.261 e. The molecule has 154 valence electrons. The standard InChI is InChI=1S/C23H26FNO4/c1-28-21-11-12-22(18(13-21)15-26)29-16-23(27)25(20-5-3-2-4-6-20)14-17-7-9-19(24)10-8-17/h7-13,15,20H,2-6,14,16H2,1H3. The quantitative estimate of drug-likeness (QED) is 0.618. The van der Waals surface area contributed by atoms with Crippen molar-refractivity contribution in [1.82, 2.24) is 4.90 Å². The third kappa shape index (κ3) is 5.56. The number of benzene rings is 2. The van der Waals surface area contributed by atoms with Crippen LogP contribution in [0.2, 0.25) is 0 Å². The highest BCUT2D eigenvalue weighted by molar-refractivity contribution is 5.81. The monoisotopic (exact) mass is 399 g/mol. The van der Waals surface area contributed by atoms with Crippen LogP contribution in [0.1, 0.15) is 48.0 Å². The van der Waals surface area contributed by atoms with E-state index in [-0.39, 0.29) is 24.4 Å². The van der Waals surface area contributed by atoms with Crippen molar-refractivity contribution < 1.29 is 23.5 Å². The summed E-state index contributed by atoms with van der Waals surface area (Å²) in [6, 6.07) is 11.2. The number of aldehydes is 1. The molecule has 0 spiro atoms. The number of rotatable bonds is 8. The van der Waals surface area contributed by atoms with E-state index in [0.29, 0.717) is 29.9 Å². The number of nitrogens with zero attached hydrogens (tertiary/aromatic N) is 1. The van der Waals surface area contributed by atoms with Crippen molar-refractivity contribution in [3.8, 4) is 11.5 Å². The first-order chi connectivity index (χ1) is 14.1. The number of methoxy groups -OCH3 is 1. The lowest BCUT2D eigenvalue weighted by molar-refractivity contribution is -0.137. The first-order valence-corrected chi connectivity index (χ1v) is 9.90. The molecule has 0 aromatic heterocycles. The Labute approximate surface area is 170 Å². The van der Waals surface area contributed by atoms with Crippen LogP contribution >= 0.6 is 0 Å². The minimum Gasteiger partial charge on any atom is -0.497 e. The summed E-state index contributed by atoms with van der Waals surface area (Å²) < 4.78 is 24.0. The molecule has 0 unspecified atom stereocenters. The summed E-state index contributed by atoms with van der Waals surface area (Å²) in [5.74, 6) is 0.452. The molecule has 2 aromatic rings.